The minimum Gasteiger partial charge on any atom is -0.317 e. The number of aryl methyl sites for hydroxylation is 1. The Morgan fingerprint density at radius 1 is 1.27 bits per heavy atom. The van der Waals surface area contributed by atoms with E-state index >= 15 is 0 Å². The van der Waals surface area contributed by atoms with Gasteiger partial charge in [0.15, 0.2) is 5.03 Å². The number of rotatable bonds is 4. The predicted molar refractivity (Wildman–Crippen MR) is 87.6 cm³/mol. The molecule has 22 heavy (non-hydrogen) atoms. The van der Waals surface area contributed by atoms with E-state index in [9.17, 15) is 8.42 Å². The highest BCUT2D eigenvalue weighted by Gasteiger charge is 2.30. The largest absolute Gasteiger partial charge is 0.317 e. The normalized spacial score (nSPS) is 23.0. The first kappa shape index (κ1) is 16.3. The molecule has 8 heteroatoms. The molecule has 2 saturated heterocycles. The summed E-state index contributed by atoms with van der Waals surface area (Å²) in [5.41, 5.74) is 0. The van der Waals surface area contributed by atoms with Gasteiger partial charge in [-0.2, -0.15) is 4.31 Å². The number of piperazine rings is 1. The lowest BCUT2D eigenvalue weighted by Crippen LogP contribution is -2.50. The monoisotopic (exact) mass is 344 g/mol. The molecular formula is C14H24N4O2S2. The summed E-state index contributed by atoms with van der Waals surface area (Å²) in [6, 6.07) is 0. The van der Waals surface area contributed by atoms with Gasteiger partial charge in [-0.15, -0.1) is 11.3 Å². The molecule has 1 aromatic rings. The number of hydrogen-bond acceptors (Lipinski definition) is 6. The zero-order chi connectivity index (χ0) is 15.6. The number of piperidine rings is 1. The molecule has 2 aliphatic rings. The number of nitrogens with zero attached hydrogens (tertiary/aromatic N) is 3. The lowest BCUT2D eigenvalue weighted by molar-refractivity contribution is 0.152. The number of sulfonamides is 1. The molecule has 6 nitrogen and oxygen atoms in total. The minimum atomic E-state index is -3.40. The van der Waals surface area contributed by atoms with Crippen molar-refractivity contribution in [3.63, 3.8) is 0 Å². The molecule has 1 aromatic heterocycles. The second-order valence-corrected chi connectivity index (χ2v) is 9.05. The van der Waals surface area contributed by atoms with Crippen LogP contribution in [0.1, 0.15) is 17.8 Å². The molecule has 3 heterocycles. The molecule has 0 amide bonds. The van der Waals surface area contributed by atoms with Crippen LogP contribution in [-0.2, 0) is 10.0 Å². The first-order chi connectivity index (χ1) is 10.6. The first-order valence-corrected chi connectivity index (χ1v) is 10.2. The van der Waals surface area contributed by atoms with Gasteiger partial charge in [0.2, 0.25) is 0 Å². The van der Waals surface area contributed by atoms with Gasteiger partial charge in [-0.3, -0.25) is 0 Å². The van der Waals surface area contributed by atoms with E-state index in [0.29, 0.717) is 13.1 Å². The molecule has 0 aliphatic carbocycles. The van der Waals surface area contributed by atoms with Crippen LogP contribution in [0.2, 0.25) is 0 Å². The molecule has 1 N–H and O–H groups in total. The van der Waals surface area contributed by atoms with Crippen LogP contribution in [0.4, 0.5) is 0 Å². The fourth-order valence-corrected chi connectivity index (χ4v) is 5.50. The lowest BCUT2D eigenvalue weighted by atomic mass is 9.97. The smallest absolute Gasteiger partial charge is 0.261 e. The molecule has 0 spiro atoms. The van der Waals surface area contributed by atoms with Crippen molar-refractivity contribution >= 4 is 21.4 Å². The van der Waals surface area contributed by atoms with Crippen LogP contribution in [-0.4, -0.2) is 68.4 Å². The topological polar surface area (TPSA) is 65.5 Å². The standard InChI is InChI=1S/C14H24N4O2S2/c1-12-16-14(11-21-12)22(19,20)18-8-6-17(7-9-18)10-13-2-4-15-5-3-13/h11,13,15H,2-10H2,1H3. The van der Waals surface area contributed by atoms with Gasteiger partial charge in [0, 0.05) is 38.1 Å². The molecule has 3 rings (SSSR count). The number of thiazole rings is 1. The molecule has 0 saturated carbocycles. The summed E-state index contributed by atoms with van der Waals surface area (Å²) in [7, 11) is -3.40. The van der Waals surface area contributed by atoms with Crippen molar-refractivity contribution in [1.82, 2.24) is 19.5 Å². The molecule has 2 aliphatic heterocycles. The summed E-state index contributed by atoms with van der Waals surface area (Å²) in [4.78, 5) is 6.55. The van der Waals surface area contributed by atoms with Gasteiger partial charge in [-0.1, -0.05) is 0 Å². The Morgan fingerprint density at radius 3 is 2.55 bits per heavy atom. The first-order valence-electron chi connectivity index (χ1n) is 7.91. The van der Waals surface area contributed by atoms with Crippen LogP contribution in [0.3, 0.4) is 0 Å². The van der Waals surface area contributed by atoms with Gasteiger partial charge in [0.25, 0.3) is 10.0 Å². The van der Waals surface area contributed by atoms with E-state index in [1.54, 1.807) is 9.69 Å². The van der Waals surface area contributed by atoms with Crippen LogP contribution in [0.25, 0.3) is 0 Å². The summed E-state index contributed by atoms with van der Waals surface area (Å²) in [5, 5.41) is 6.04. The summed E-state index contributed by atoms with van der Waals surface area (Å²) in [6.07, 6.45) is 2.47. The zero-order valence-corrected chi connectivity index (χ0v) is 14.6. The fraction of sp³-hybridized carbons (Fsp3) is 0.786. The van der Waals surface area contributed by atoms with Gasteiger partial charge >= 0.3 is 0 Å². The summed E-state index contributed by atoms with van der Waals surface area (Å²) < 4.78 is 26.7. The average molecular weight is 345 g/mol. The highest BCUT2D eigenvalue weighted by atomic mass is 32.2. The lowest BCUT2D eigenvalue weighted by Gasteiger charge is -2.36. The Kier molecular flexibility index (Phi) is 5.13. The maximum absolute atomic E-state index is 12.5. The van der Waals surface area contributed by atoms with Crippen molar-refractivity contribution in [3.8, 4) is 0 Å². The van der Waals surface area contributed by atoms with E-state index < -0.39 is 10.0 Å². The second kappa shape index (κ2) is 6.92. The Morgan fingerprint density at radius 2 is 1.95 bits per heavy atom. The summed E-state index contributed by atoms with van der Waals surface area (Å²) in [6.45, 7) is 7.96. The molecular weight excluding hydrogens is 320 g/mol. The highest BCUT2D eigenvalue weighted by Crippen LogP contribution is 2.21. The number of hydrogen-bond donors (Lipinski definition) is 1. The maximum atomic E-state index is 12.5. The molecule has 0 atom stereocenters. The van der Waals surface area contributed by atoms with Crippen molar-refractivity contribution in [3.05, 3.63) is 10.4 Å². The highest BCUT2D eigenvalue weighted by molar-refractivity contribution is 7.89. The van der Waals surface area contributed by atoms with Crippen LogP contribution in [0.15, 0.2) is 10.4 Å². The van der Waals surface area contributed by atoms with Gasteiger partial charge in [-0.25, -0.2) is 13.4 Å². The molecule has 0 bridgehead atoms. The van der Waals surface area contributed by atoms with E-state index in [0.717, 1.165) is 43.6 Å². The van der Waals surface area contributed by atoms with E-state index in [1.165, 1.54) is 24.2 Å². The van der Waals surface area contributed by atoms with E-state index in [-0.39, 0.29) is 5.03 Å². The van der Waals surface area contributed by atoms with E-state index in [1.807, 2.05) is 6.92 Å². The third-order valence-corrected chi connectivity index (χ3v) is 7.21. The second-order valence-electron chi connectivity index (χ2n) is 6.10. The third-order valence-electron chi connectivity index (χ3n) is 4.51. The number of aromatic nitrogens is 1. The molecule has 124 valence electrons. The van der Waals surface area contributed by atoms with Gasteiger partial charge in [0.1, 0.15) is 0 Å². The molecule has 0 unspecified atom stereocenters. The molecule has 0 aromatic carbocycles. The SMILES string of the molecule is Cc1nc(S(=O)(=O)N2CCN(CC3CCNCC3)CC2)cs1. The van der Waals surface area contributed by atoms with Crippen molar-refractivity contribution < 1.29 is 8.42 Å². The van der Waals surface area contributed by atoms with Crippen molar-refractivity contribution in [2.45, 2.75) is 24.8 Å². The zero-order valence-electron chi connectivity index (χ0n) is 13.0. The van der Waals surface area contributed by atoms with Crippen LogP contribution in [0, 0.1) is 12.8 Å². The van der Waals surface area contributed by atoms with Crippen LogP contribution in [0.5, 0.6) is 0 Å². The van der Waals surface area contributed by atoms with Crippen LogP contribution >= 0.6 is 11.3 Å². The Bertz CT molecular complexity index is 588. The Hall–Kier alpha value is -0.540. The van der Waals surface area contributed by atoms with E-state index in [2.05, 4.69) is 15.2 Å². The molecule has 0 radical (unpaired) electrons. The quantitative estimate of drug-likeness (QED) is 0.873. The van der Waals surface area contributed by atoms with Crippen molar-refractivity contribution in [2.75, 3.05) is 45.8 Å². The maximum Gasteiger partial charge on any atom is 0.261 e. The number of nitrogens with one attached hydrogen (secondary N) is 1. The summed E-state index contributed by atoms with van der Waals surface area (Å²) in [5.74, 6) is 0.755. The van der Waals surface area contributed by atoms with Crippen LogP contribution < -0.4 is 5.32 Å². The van der Waals surface area contributed by atoms with Crippen molar-refractivity contribution in [2.24, 2.45) is 5.92 Å². The van der Waals surface area contributed by atoms with Gasteiger partial charge in [-0.05, 0) is 38.8 Å². The Labute approximate surface area is 136 Å². The summed E-state index contributed by atoms with van der Waals surface area (Å²) >= 11 is 1.39. The Balaban J connectivity index is 1.55. The van der Waals surface area contributed by atoms with Gasteiger partial charge < -0.3 is 10.2 Å². The predicted octanol–water partition coefficient (Wildman–Crippen LogP) is 0.757. The average Bonchev–Trinajstić information content (AvgIpc) is 2.96. The fourth-order valence-electron chi connectivity index (χ4n) is 3.18. The third kappa shape index (κ3) is 3.68. The van der Waals surface area contributed by atoms with E-state index in [4.69, 9.17) is 0 Å². The van der Waals surface area contributed by atoms with Gasteiger partial charge in [0.05, 0.1) is 5.01 Å². The van der Waals surface area contributed by atoms with Crippen molar-refractivity contribution in [1.29, 1.82) is 0 Å². The minimum absolute atomic E-state index is 0.210. The molecule has 2 fully saturated rings.